The van der Waals surface area contributed by atoms with Crippen molar-refractivity contribution in [3.63, 3.8) is 0 Å². The van der Waals surface area contributed by atoms with Gasteiger partial charge in [0.15, 0.2) is 5.97 Å². The van der Waals surface area contributed by atoms with Crippen molar-refractivity contribution < 1.29 is 39.0 Å². The van der Waals surface area contributed by atoms with Gasteiger partial charge in [-0.25, -0.2) is 9.59 Å². The normalized spacial score (nSPS) is 14.1. The molecule has 0 atom stereocenters. The molecule has 29 heavy (non-hydrogen) atoms. The highest BCUT2D eigenvalue weighted by Crippen LogP contribution is 2.16. The van der Waals surface area contributed by atoms with Crippen molar-refractivity contribution in [3.05, 3.63) is 29.8 Å². The van der Waals surface area contributed by atoms with E-state index in [9.17, 15) is 4.79 Å². The molecular formula is C20H30N2O7. The molecule has 1 aromatic rings. The molecule has 0 bridgehead atoms. The van der Waals surface area contributed by atoms with Gasteiger partial charge in [-0.3, -0.25) is 5.32 Å². The van der Waals surface area contributed by atoms with Gasteiger partial charge in [0.05, 0.1) is 19.7 Å². The molecule has 0 spiro atoms. The van der Waals surface area contributed by atoms with Gasteiger partial charge in [-0.05, 0) is 38.7 Å². The van der Waals surface area contributed by atoms with Crippen LogP contribution in [0.3, 0.4) is 0 Å². The highest BCUT2D eigenvalue weighted by atomic mass is 16.5. The lowest BCUT2D eigenvalue weighted by molar-refractivity contribution is -0.899. The van der Waals surface area contributed by atoms with Gasteiger partial charge in [0.1, 0.15) is 13.2 Å². The van der Waals surface area contributed by atoms with E-state index in [1.807, 2.05) is 31.2 Å². The first kappa shape index (κ1) is 24.4. The summed E-state index contributed by atoms with van der Waals surface area (Å²) in [4.78, 5) is 31.5. The van der Waals surface area contributed by atoms with Gasteiger partial charge in [0.2, 0.25) is 0 Å². The SMILES string of the molecule is CCOCc1ccccc1NC(=O)OCC[NH+]1CCCCCC1.O=C([O-])C(=O)O. The molecule has 1 amide bonds. The van der Waals surface area contributed by atoms with Gasteiger partial charge in [-0.1, -0.05) is 18.2 Å². The number of para-hydroxylation sites is 1. The van der Waals surface area contributed by atoms with Crippen LogP contribution in [0.4, 0.5) is 10.5 Å². The Kier molecular flexibility index (Phi) is 12.1. The first-order chi connectivity index (χ1) is 13.9. The number of rotatable bonds is 7. The summed E-state index contributed by atoms with van der Waals surface area (Å²) in [5, 5.41) is 19.1. The topological polar surface area (TPSA) is 129 Å². The average Bonchev–Trinajstić information content (AvgIpc) is 2.96. The molecule has 1 saturated heterocycles. The minimum Gasteiger partial charge on any atom is -0.539 e. The number of quaternary nitrogens is 1. The molecular weight excluding hydrogens is 380 g/mol. The number of carbonyl (C=O) groups is 3. The van der Waals surface area contributed by atoms with Crippen LogP contribution in [0.1, 0.15) is 38.2 Å². The van der Waals surface area contributed by atoms with Crippen molar-refractivity contribution in [1.29, 1.82) is 0 Å². The van der Waals surface area contributed by atoms with Crippen molar-refractivity contribution >= 4 is 23.7 Å². The van der Waals surface area contributed by atoms with Crippen molar-refractivity contribution in [2.24, 2.45) is 0 Å². The lowest BCUT2D eigenvalue weighted by atomic mass is 10.2. The standard InChI is InChI=1S/C18H28N2O3.C2H2O4/c1-2-22-15-16-9-5-6-10-17(16)19-18(21)23-14-13-20-11-7-3-4-8-12-20;3-1(4)2(5)6/h5-6,9-10H,2-4,7-8,11-15H2,1H3,(H,19,21);(H,3,4)(H,5,6). The molecule has 1 heterocycles. The largest absolute Gasteiger partial charge is 0.539 e. The van der Waals surface area contributed by atoms with E-state index in [1.54, 1.807) is 4.90 Å². The molecule has 0 unspecified atom stereocenters. The van der Waals surface area contributed by atoms with Gasteiger partial charge in [0.25, 0.3) is 0 Å². The number of carboxylic acids is 2. The molecule has 0 aromatic heterocycles. The summed E-state index contributed by atoms with van der Waals surface area (Å²) in [6.07, 6.45) is 4.85. The zero-order valence-corrected chi connectivity index (χ0v) is 16.8. The molecule has 2 rings (SSSR count). The Hall–Kier alpha value is -2.65. The lowest BCUT2D eigenvalue weighted by Crippen LogP contribution is -3.12. The number of carbonyl (C=O) groups excluding carboxylic acids is 2. The molecule has 1 aliphatic rings. The molecule has 162 valence electrons. The van der Waals surface area contributed by atoms with Crippen LogP contribution < -0.4 is 15.3 Å². The smallest absolute Gasteiger partial charge is 0.411 e. The van der Waals surface area contributed by atoms with Crippen LogP contribution >= 0.6 is 0 Å². The first-order valence-corrected chi connectivity index (χ1v) is 9.81. The minimum atomic E-state index is -2.07. The van der Waals surface area contributed by atoms with E-state index in [0.29, 0.717) is 19.8 Å². The number of benzene rings is 1. The number of carboxylic acid groups (broad SMARTS) is 2. The second-order valence-corrected chi connectivity index (χ2v) is 6.56. The fourth-order valence-corrected chi connectivity index (χ4v) is 2.89. The summed E-state index contributed by atoms with van der Waals surface area (Å²) in [6.45, 7) is 6.85. The third-order valence-corrected chi connectivity index (χ3v) is 4.39. The molecule has 0 aliphatic carbocycles. The average molecular weight is 410 g/mol. The lowest BCUT2D eigenvalue weighted by Gasteiger charge is -2.17. The third kappa shape index (κ3) is 11.1. The van der Waals surface area contributed by atoms with Gasteiger partial charge in [-0.2, -0.15) is 0 Å². The van der Waals surface area contributed by atoms with Gasteiger partial charge in [0, 0.05) is 17.9 Å². The van der Waals surface area contributed by atoms with Crippen LogP contribution in [-0.4, -0.2) is 56.0 Å². The van der Waals surface area contributed by atoms with Crippen LogP contribution in [0.15, 0.2) is 24.3 Å². The summed E-state index contributed by atoms with van der Waals surface area (Å²) in [5.74, 6) is -4.01. The summed E-state index contributed by atoms with van der Waals surface area (Å²) in [5.41, 5.74) is 1.72. The second kappa shape index (κ2) is 14.4. The summed E-state index contributed by atoms with van der Waals surface area (Å²) >= 11 is 0. The molecule has 9 nitrogen and oxygen atoms in total. The number of aliphatic carboxylic acids is 2. The zero-order chi connectivity index (χ0) is 21.5. The third-order valence-electron chi connectivity index (χ3n) is 4.39. The number of amides is 1. The van der Waals surface area contributed by atoms with E-state index in [2.05, 4.69) is 5.32 Å². The number of nitrogens with one attached hydrogen (secondary N) is 2. The zero-order valence-electron chi connectivity index (χ0n) is 16.8. The first-order valence-electron chi connectivity index (χ1n) is 9.81. The van der Waals surface area contributed by atoms with Crippen molar-refractivity contribution in [2.75, 3.05) is 38.2 Å². The second-order valence-electron chi connectivity index (χ2n) is 6.56. The molecule has 3 N–H and O–H groups in total. The van der Waals surface area contributed by atoms with Gasteiger partial charge in [-0.15, -0.1) is 0 Å². The summed E-state index contributed by atoms with van der Waals surface area (Å²) in [6, 6.07) is 7.66. The number of hydrogen-bond donors (Lipinski definition) is 3. The van der Waals surface area contributed by atoms with E-state index in [1.165, 1.54) is 38.8 Å². The maximum atomic E-state index is 12.0. The Bertz CT molecular complexity index is 631. The van der Waals surface area contributed by atoms with E-state index in [-0.39, 0.29) is 6.09 Å². The Balaban J connectivity index is 0.000000612. The Morgan fingerprint density at radius 2 is 1.76 bits per heavy atom. The molecule has 0 radical (unpaired) electrons. The van der Waals surface area contributed by atoms with Crippen LogP contribution in [0.25, 0.3) is 0 Å². The maximum Gasteiger partial charge on any atom is 0.411 e. The van der Waals surface area contributed by atoms with E-state index >= 15 is 0 Å². The summed E-state index contributed by atoms with van der Waals surface area (Å²) in [7, 11) is 0. The Morgan fingerprint density at radius 1 is 1.14 bits per heavy atom. The van der Waals surface area contributed by atoms with Gasteiger partial charge >= 0.3 is 12.1 Å². The maximum absolute atomic E-state index is 12.0. The fourth-order valence-electron chi connectivity index (χ4n) is 2.89. The number of likely N-dealkylation sites (tertiary alicyclic amines) is 1. The van der Waals surface area contributed by atoms with Crippen molar-refractivity contribution in [3.8, 4) is 0 Å². The Labute approximate surface area is 170 Å². The molecule has 1 fully saturated rings. The van der Waals surface area contributed by atoms with E-state index in [0.717, 1.165) is 17.8 Å². The highest BCUT2D eigenvalue weighted by Gasteiger charge is 2.13. The predicted octanol–water partition coefficient (Wildman–Crippen LogP) is 0.0514. The molecule has 1 aliphatic heterocycles. The predicted molar refractivity (Wildman–Crippen MR) is 103 cm³/mol. The van der Waals surface area contributed by atoms with Crippen LogP contribution in [0, 0.1) is 0 Å². The highest BCUT2D eigenvalue weighted by molar-refractivity contribution is 6.26. The molecule has 9 heteroatoms. The van der Waals surface area contributed by atoms with Crippen LogP contribution in [0.2, 0.25) is 0 Å². The van der Waals surface area contributed by atoms with Crippen molar-refractivity contribution in [2.45, 2.75) is 39.2 Å². The molecule has 1 aromatic carbocycles. The van der Waals surface area contributed by atoms with Crippen LogP contribution in [-0.2, 0) is 25.7 Å². The quantitative estimate of drug-likeness (QED) is 0.542. The van der Waals surface area contributed by atoms with E-state index < -0.39 is 11.9 Å². The van der Waals surface area contributed by atoms with E-state index in [4.69, 9.17) is 29.3 Å². The Morgan fingerprint density at radius 3 is 2.34 bits per heavy atom. The van der Waals surface area contributed by atoms with Gasteiger partial charge < -0.3 is 29.4 Å². The minimum absolute atomic E-state index is 0.386. The number of ether oxygens (including phenoxy) is 2. The van der Waals surface area contributed by atoms with Crippen molar-refractivity contribution in [1.82, 2.24) is 0 Å². The number of hydrogen-bond acceptors (Lipinski definition) is 6. The molecule has 0 saturated carbocycles. The summed E-state index contributed by atoms with van der Waals surface area (Å²) < 4.78 is 10.8. The monoisotopic (exact) mass is 410 g/mol. The van der Waals surface area contributed by atoms with Crippen LogP contribution in [0.5, 0.6) is 0 Å². The number of anilines is 1. The fraction of sp³-hybridized carbons (Fsp3) is 0.550.